The molecule has 29 heavy (non-hydrogen) atoms. The van der Waals surface area contributed by atoms with Crippen LogP contribution < -0.4 is 14.4 Å². The van der Waals surface area contributed by atoms with Crippen LogP contribution in [-0.2, 0) is 4.79 Å². The lowest BCUT2D eigenvalue weighted by molar-refractivity contribution is -0.113. The van der Waals surface area contributed by atoms with Crippen molar-refractivity contribution in [1.82, 2.24) is 10.2 Å². The van der Waals surface area contributed by atoms with Crippen molar-refractivity contribution in [2.24, 2.45) is 4.99 Å². The van der Waals surface area contributed by atoms with Crippen molar-refractivity contribution in [3.05, 3.63) is 64.0 Å². The van der Waals surface area contributed by atoms with Crippen molar-refractivity contribution in [2.75, 3.05) is 11.7 Å². The minimum Gasteiger partial charge on any atom is -0.454 e. The average molecular weight is 422 g/mol. The van der Waals surface area contributed by atoms with Crippen LogP contribution in [0.15, 0.2) is 58.4 Å². The lowest BCUT2D eigenvalue weighted by Crippen LogP contribution is -2.28. The van der Waals surface area contributed by atoms with Gasteiger partial charge in [0, 0.05) is 0 Å². The maximum absolute atomic E-state index is 13.2. The number of aryl methyl sites for hydroxylation is 1. The van der Waals surface area contributed by atoms with E-state index in [0.717, 1.165) is 16.3 Å². The normalized spacial score (nSPS) is 18.2. The molecule has 144 valence electrons. The number of carbonyl (C=O) groups excluding carboxylic acids is 1. The Kier molecular flexibility index (Phi) is 4.53. The molecule has 7 nitrogen and oxygen atoms in total. The second-order valence-corrected chi connectivity index (χ2v) is 8.37. The van der Waals surface area contributed by atoms with Crippen LogP contribution in [0.4, 0.5) is 10.8 Å². The van der Waals surface area contributed by atoms with Crippen molar-refractivity contribution in [1.29, 1.82) is 0 Å². The smallest absolute Gasteiger partial charge is 0.271 e. The number of amidine groups is 1. The third kappa shape index (κ3) is 3.50. The Hall–Kier alpha value is -3.17. The summed E-state index contributed by atoms with van der Waals surface area (Å²) < 4.78 is 10.8. The topological polar surface area (TPSA) is 76.9 Å². The van der Waals surface area contributed by atoms with E-state index in [2.05, 4.69) is 15.2 Å². The summed E-state index contributed by atoms with van der Waals surface area (Å²) in [6.07, 6.45) is 1.83. The first-order valence-corrected chi connectivity index (χ1v) is 10.4. The van der Waals surface area contributed by atoms with E-state index in [-0.39, 0.29) is 12.7 Å². The fourth-order valence-electron chi connectivity index (χ4n) is 2.92. The van der Waals surface area contributed by atoms with Crippen LogP contribution in [0.5, 0.6) is 11.5 Å². The second kappa shape index (κ2) is 7.34. The largest absolute Gasteiger partial charge is 0.454 e. The maximum Gasteiger partial charge on any atom is 0.271 e. The van der Waals surface area contributed by atoms with Gasteiger partial charge >= 0.3 is 0 Å². The lowest BCUT2D eigenvalue weighted by atomic mass is 10.2. The Morgan fingerprint density at radius 3 is 2.72 bits per heavy atom. The van der Waals surface area contributed by atoms with Crippen LogP contribution in [-0.4, -0.2) is 28.1 Å². The predicted octanol–water partition coefficient (Wildman–Crippen LogP) is 4.38. The standard InChI is InChI=1S/C20H14N4O3S2/c1-12-22-23-19(28-12)21-20-24(14-5-3-2-4-6-14)18(25)17(29-20)10-13-7-8-15-16(9-13)27-11-26-15/h2-10H,11H2,1H3/b17-10-,21-20+. The van der Waals surface area contributed by atoms with Gasteiger partial charge in [0.05, 0.1) is 10.6 Å². The Balaban J connectivity index is 1.54. The molecule has 0 N–H and O–H groups in total. The maximum atomic E-state index is 13.2. The van der Waals surface area contributed by atoms with Gasteiger partial charge < -0.3 is 9.47 Å². The van der Waals surface area contributed by atoms with Gasteiger partial charge in [-0.3, -0.25) is 9.69 Å². The summed E-state index contributed by atoms with van der Waals surface area (Å²) in [4.78, 5) is 20.0. The van der Waals surface area contributed by atoms with Gasteiger partial charge in [-0.1, -0.05) is 35.6 Å². The molecule has 2 aliphatic heterocycles. The Morgan fingerprint density at radius 2 is 1.93 bits per heavy atom. The number of aromatic nitrogens is 2. The number of fused-ring (bicyclic) bond motifs is 1. The summed E-state index contributed by atoms with van der Waals surface area (Å²) in [7, 11) is 0. The van der Waals surface area contributed by atoms with Gasteiger partial charge in [-0.15, -0.1) is 10.2 Å². The molecule has 2 aliphatic rings. The van der Waals surface area contributed by atoms with Crippen molar-refractivity contribution < 1.29 is 14.3 Å². The van der Waals surface area contributed by atoms with E-state index in [1.54, 1.807) is 4.90 Å². The van der Waals surface area contributed by atoms with Crippen LogP contribution in [0.1, 0.15) is 10.6 Å². The second-order valence-electron chi connectivity index (χ2n) is 6.20. The molecule has 1 amide bonds. The molecule has 0 aliphatic carbocycles. The molecule has 0 atom stereocenters. The zero-order valence-corrected chi connectivity index (χ0v) is 16.9. The third-order valence-corrected chi connectivity index (χ3v) is 5.92. The Bertz CT molecular complexity index is 1160. The number of rotatable bonds is 3. The number of ether oxygens (including phenoxy) is 2. The summed E-state index contributed by atoms with van der Waals surface area (Å²) >= 11 is 2.69. The molecule has 1 fully saturated rings. The van der Waals surface area contributed by atoms with E-state index in [9.17, 15) is 4.79 Å². The van der Waals surface area contributed by atoms with E-state index in [1.807, 2.05) is 61.5 Å². The fourth-order valence-corrected chi connectivity index (χ4v) is 4.52. The zero-order chi connectivity index (χ0) is 19.8. The molecular weight excluding hydrogens is 408 g/mol. The molecule has 2 aromatic carbocycles. The van der Waals surface area contributed by atoms with Crippen molar-refractivity contribution >= 4 is 51.1 Å². The molecule has 0 spiro atoms. The quantitative estimate of drug-likeness (QED) is 0.583. The SMILES string of the molecule is Cc1nnc(/N=C2/S/C(=C\c3ccc4c(c3)OCO4)C(=O)N2c2ccccc2)s1. The molecule has 1 aromatic heterocycles. The van der Waals surface area contributed by atoms with Crippen molar-refractivity contribution in [2.45, 2.75) is 6.92 Å². The Labute approximate surface area is 174 Å². The van der Waals surface area contributed by atoms with E-state index in [4.69, 9.17) is 9.47 Å². The van der Waals surface area contributed by atoms with Gasteiger partial charge in [0.25, 0.3) is 5.91 Å². The molecule has 0 saturated carbocycles. The molecule has 0 radical (unpaired) electrons. The molecule has 1 saturated heterocycles. The van der Waals surface area contributed by atoms with Gasteiger partial charge in [-0.25, -0.2) is 0 Å². The highest BCUT2D eigenvalue weighted by atomic mass is 32.2. The highest BCUT2D eigenvalue weighted by Gasteiger charge is 2.35. The lowest BCUT2D eigenvalue weighted by Gasteiger charge is -2.14. The summed E-state index contributed by atoms with van der Waals surface area (Å²) in [6, 6.07) is 15.0. The number of benzene rings is 2. The fraction of sp³-hybridized carbons (Fsp3) is 0.100. The molecule has 0 bridgehead atoms. The first-order chi connectivity index (χ1) is 14.2. The predicted molar refractivity (Wildman–Crippen MR) is 114 cm³/mol. The number of hydrogen-bond donors (Lipinski definition) is 0. The van der Waals surface area contributed by atoms with Gasteiger partial charge in [-0.2, -0.15) is 4.99 Å². The number of thioether (sulfide) groups is 1. The van der Waals surface area contributed by atoms with Gasteiger partial charge in [0.1, 0.15) is 5.01 Å². The average Bonchev–Trinajstić information content (AvgIpc) is 3.43. The van der Waals surface area contributed by atoms with Gasteiger partial charge in [0.2, 0.25) is 11.9 Å². The Morgan fingerprint density at radius 1 is 1.10 bits per heavy atom. The van der Waals surface area contributed by atoms with Crippen LogP contribution in [0.25, 0.3) is 6.08 Å². The molecular formula is C20H14N4O3S2. The van der Waals surface area contributed by atoms with Gasteiger partial charge in [0.15, 0.2) is 16.7 Å². The van der Waals surface area contributed by atoms with E-state index in [1.165, 1.54) is 23.1 Å². The van der Waals surface area contributed by atoms with Crippen LogP contribution in [0.2, 0.25) is 0 Å². The number of hydrogen-bond acceptors (Lipinski definition) is 8. The zero-order valence-electron chi connectivity index (χ0n) is 15.2. The van der Waals surface area contributed by atoms with Crippen molar-refractivity contribution in [3.8, 4) is 11.5 Å². The van der Waals surface area contributed by atoms with E-state index in [0.29, 0.717) is 26.7 Å². The third-order valence-electron chi connectivity index (χ3n) is 4.22. The molecule has 5 rings (SSSR count). The van der Waals surface area contributed by atoms with Crippen LogP contribution in [0, 0.1) is 6.92 Å². The van der Waals surface area contributed by atoms with Crippen molar-refractivity contribution in [3.63, 3.8) is 0 Å². The summed E-state index contributed by atoms with van der Waals surface area (Å²) in [5.74, 6) is 1.24. The molecule has 3 heterocycles. The van der Waals surface area contributed by atoms with Crippen LogP contribution in [0.3, 0.4) is 0 Å². The first-order valence-electron chi connectivity index (χ1n) is 8.75. The highest BCUT2D eigenvalue weighted by molar-refractivity contribution is 8.19. The van der Waals surface area contributed by atoms with Crippen LogP contribution >= 0.6 is 23.1 Å². The number of anilines is 1. The summed E-state index contributed by atoms with van der Waals surface area (Å²) in [5.41, 5.74) is 1.60. The number of carbonyl (C=O) groups is 1. The first kappa shape index (κ1) is 17.9. The summed E-state index contributed by atoms with van der Waals surface area (Å²) in [5, 5.41) is 9.95. The number of para-hydroxylation sites is 1. The monoisotopic (exact) mass is 422 g/mol. The minimum atomic E-state index is -0.140. The molecule has 9 heteroatoms. The molecule has 0 unspecified atom stereocenters. The van der Waals surface area contributed by atoms with Gasteiger partial charge in [-0.05, 0) is 54.6 Å². The highest BCUT2D eigenvalue weighted by Crippen LogP contribution is 2.39. The van der Waals surface area contributed by atoms with E-state index < -0.39 is 0 Å². The molecule has 3 aromatic rings. The minimum absolute atomic E-state index is 0.140. The number of nitrogens with zero attached hydrogens (tertiary/aromatic N) is 4. The summed E-state index contributed by atoms with van der Waals surface area (Å²) in [6.45, 7) is 2.08. The van der Waals surface area contributed by atoms with E-state index >= 15 is 0 Å². The number of aliphatic imine (C=N–C) groups is 1. The number of amides is 1.